The highest BCUT2D eigenvalue weighted by Crippen LogP contribution is 2.25. The van der Waals surface area contributed by atoms with Gasteiger partial charge in [-0.05, 0) is 39.5 Å². The molecular weight excluding hydrogens is 326 g/mol. The molecule has 0 aromatic heterocycles. The van der Waals surface area contributed by atoms with Crippen molar-refractivity contribution in [2.45, 2.75) is 0 Å². The molecule has 3 aromatic carbocycles. The Labute approximate surface area is 132 Å². The Balaban J connectivity index is 1.61. The van der Waals surface area contributed by atoms with Crippen LogP contribution in [0.3, 0.4) is 0 Å². The Bertz CT molecular complexity index is 737. The van der Waals surface area contributed by atoms with Gasteiger partial charge in [-0.25, -0.2) is 0 Å². The maximum absolute atomic E-state index is 5.90. The standard InChI is InChI=1S/C18H16BrNO/c19-16-9-3-4-10-17(16)20-12-13-21-18-11-5-7-14-6-1-2-8-15(14)18/h1-11,20H,12-13H2. The zero-order chi connectivity index (χ0) is 14.5. The molecule has 0 radical (unpaired) electrons. The molecule has 0 saturated heterocycles. The first kappa shape index (κ1) is 14.0. The van der Waals surface area contributed by atoms with Crippen LogP contribution in [0.5, 0.6) is 5.75 Å². The van der Waals surface area contributed by atoms with Gasteiger partial charge in [0.15, 0.2) is 0 Å². The van der Waals surface area contributed by atoms with E-state index in [9.17, 15) is 0 Å². The number of benzene rings is 3. The lowest BCUT2D eigenvalue weighted by molar-refractivity contribution is 0.337. The van der Waals surface area contributed by atoms with E-state index in [1.54, 1.807) is 0 Å². The molecule has 0 spiro atoms. The molecule has 0 saturated carbocycles. The third-order valence-corrected chi connectivity index (χ3v) is 3.99. The van der Waals surface area contributed by atoms with Gasteiger partial charge in [-0.1, -0.05) is 48.5 Å². The molecule has 0 amide bonds. The number of fused-ring (bicyclic) bond motifs is 1. The third kappa shape index (κ3) is 3.37. The fourth-order valence-corrected chi connectivity index (χ4v) is 2.70. The second-order valence-electron chi connectivity index (χ2n) is 4.73. The highest BCUT2D eigenvalue weighted by atomic mass is 79.9. The van der Waals surface area contributed by atoms with Crippen LogP contribution in [0.15, 0.2) is 71.2 Å². The molecule has 0 fully saturated rings. The van der Waals surface area contributed by atoms with Crippen molar-refractivity contribution in [1.82, 2.24) is 0 Å². The Kier molecular flexibility index (Phi) is 4.41. The summed E-state index contributed by atoms with van der Waals surface area (Å²) in [7, 11) is 0. The Morgan fingerprint density at radius 2 is 1.62 bits per heavy atom. The van der Waals surface area contributed by atoms with Gasteiger partial charge in [-0.15, -0.1) is 0 Å². The highest BCUT2D eigenvalue weighted by molar-refractivity contribution is 9.10. The Hall–Kier alpha value is -2.00. The van der Waals surface area contributed by atoms with E-state index in [-0.39, 0.29) is 0 Å². The number of hydrogen-bond acceptors (Lipinski definition) is 2. The van der Waals surface area contributed by atoms with E-state index >= 15 is 0 Å². The van der Waals surface area contributed by atoms with Crippen LogP contribution in [0.25, 0.3) is 10.8 Å². The van der Waals surface area contributed by atoms with Crippen LogP contribution < -0.4 is 10.1 Å². The summed E-state index contributed by atoms with van der Waals surface area (Å²) in [5, 5.41) is 5.72. The Morgan fingerprint density at radius 1 is 0.857 bits per heavy atom. The number of hydrogen-bond donors (Lipinski definition) is 1. The predicted octanol–water partition coefficient (Wildman–Crippen LogP) is 5.09. The van der Waals surface area contributed by atoms with Crippen LogP contribution in [0.1, 0.15) is 0 Å². The topological polar surface area (TPSA) is 21.3 Å². The Morgan fingerprint density at radius 3 is 2.52 bits per heavy atom. The van der Waals surface area contributed by atoms with E-state index in [0.29, 0.717) is 6.61 Å². The van der Waals surface area contributed by atoms with Crippen LogP contribution in [0, 0.1) is 0 Å². The highest BCUT2D eigenvalue weighted by Gasteiger charge is 2.01. The molecule has 1 N–H and O–H groups in total. The van der Waals surface area contributed by atoms with Crippen LogP contribution >= 0.6 is 15.9 Å². The van der Waals surface area contributed by atoms with Gasteiger partial charge in [0.1, 0.15) is 12.4 Å². The zero-order valence-electron chi connectivity index (χ0n) is 11.6. The lowest BCUT2D eigenvalue weighted by atomic mass is 10.1. The molecule has 0 heterocycles. The predicted molar refractivity (Wildman–Crippen MR) is 92.1 cm³/mol. The minimum absolute atomic E-state index is 0.620. The second kappa shape index (κ2) is 6.64. The van der Waals surface area contributed by atoms with Gasteiger partial charge in [0.2, 0.25) is 0 Å². The van der Waals surface area contributed by atoms with E-state index in [1.165, 1.54) is 5.39 Å². The molecule has 3 rings (SSSR count). The fourth-order valence-electron chi connectivity index (χ4n) is 2.27. The van der Waals surface area contributed by atoms with Gasteiger partial charge < -0.3 is 10.1 Å². The number of anilines is 1. The molecule has 21 heavy (non-hydrogen) atoms. The molecule has 2 nitrogen and oxygen atoms in total. The number of para-hydroxylation sites is 1. The third-order valence-electron chi connectivity index (χ3n) is 3.30. The zero-order valence-corrected chi connectivity index (χ0v) is 13.1. The van der Waals surface area contributed by atoms with Crippen molar-refractivity contribution >= 4 is 32.4 Å². The summed E-state index contributed by atoms with van der Waals surface area (Å²) < 4.78 is 6.97. The molecule has 106 valence electrons. The summed E-state index contributed by atoms with van der Waals surface area (Å²) >= 11 is 3.52. The average Bonchev–Trinajstić information content (AvgIpc) is 2.53. The number of rotatable bonds is 5. The SMILES string of the molecule is Brc1ccccc1NCCOc1cccc2ccccc12. The average molecular weight is 342 g/mol. The van der Waals surface area contributed by atoms with Crippen molar-refractivity contribution in [2.24, 2.45) is 0 Å². The molecule has 3 heteroatoms. The molecule has 0 atom stereocenters. The van der Waals surface area contributed by atoms with Gasteiger partial charge in [-0.3, -0.25) is 0 Å². The van der Waals surface area contributed by atoms with E-state index in [4.69, 9.17) is 4.74 Å². The maximum atomic E-state index is 5.90. The monoisotopic (exact) mass is 341 g/mol. The molecule has 0 aliphatic carbocycles. The van der Waals surface area contributed by atoms with E-state index in [2.05, 4.69) is 39.4 Å². The van der Waals surface area contributed by atoms with Gasteiger partial charge >= 0.3 is 0 Å². The number of nitrogens with one attached hydrogen (secondary N) is 1. The fraction of sp³-hybridized carbons (Fsp3) is 0.111. The summed E-state index contributed by atoms with van der Waals surface area (Å²) in [6, 6.07) is 22.5. The minimum Gasteiger partial charge on any atom is -0.491 e. The van der Waals surface area contributed by atoms with Gasteiger partial charge in [-0.2, -0.15) is 0 Å². The molecule has 0 aliphatic heterocycles. The van der Waals surface area contributed by atoms with Gasteiger partial charge in [0, 0.05) is 22.1 Å². The minimum atomic E-state index is 0.620. The van der Waals surface area contributed by atoms with Crippen molar-refractivity contribution < 1.29 is 4.74 Å². The number of ether oxygens (including phenoxy) is 1. The van der Waals surface area contributed by atoms with Crippen LogP contribution in [-0.4, -0.2) is 13.2 Å². The van der Waals surface area contributed by atoms with E-state index in [0.717, 1.165) is 27.8 Å². The lowest BCUT2D eigenvalue weighted by Crippen LogP contribution is -2.11. The summed E-state index contributed by atoms with van der Waals surface area (Å²) in [6.07, 6.45) is 0. The quantitative estimate of drug-likeness (QED) is 0.652. The number of halogens is 1. The molecule has 0 bridgehead atoms. The first-order valence-electron chi connectivity index (χ1n) is 6.93. The van der Waals surface area contributed by atoms with Crippen molar-refractivity contribution in [3.63, 3.8) is 0 Å². The molecule has 0 aliphatic rings. The normalized spacial score (nSPS) is 10.5. The largest absolute Gasteiger partial charge is 0.491 e. The van der Waals surface area contributed by atoms with Crippen molar-refractivity contribution in [3.8, 4) is 5.75 Å². The lowest BCUT2D eigenvalue weighted by Gasteiger charge is -2.11. The summed E-state index contributed by atoms with van der Waals surface area (Å²) in [6.45, 7) is 1.38. The first-order valence-corrected chi connectivity index (χ1v) is 7.73. The van der Waals surface area contributed by atoms with Crippen molar-refractivity contribution in [3.05, 3.63) is 71.2 Å². The van der Waals surface area contributed by atoms with Crippen LogP contribution in [-0.2, 0) is 0 Å². The second-order valence-corrected chi connectivity index (χ2v) is 5.59. The van der Waals surface area contributed by atoms with E-state index < -0.39 is 0 Å². The molecule has 3 aromatic rings. The maximum Gasteiger partial charge on any atom is 0.127 e. The first-order chi connectivity index (χ1) is 10.3. The van der Waals surface area contributed by atoms with E-state index in [1.807, 2.05) is 48.5 Å². The van der Waals surface area contributed by atoms with Crippen LogP contribution in [0.2, 0.25) is 0 Å². The van der Waals surface area contributed by atoms with Crippen molar-refractivity contribution in [1.29, 1.82) is 0 Å². The molecular formula is C18H16BrNO. The van der Waals surface area contributed by atoms with Gasteiger partial charge in [0.05, 0.1) is 0 Å². The molecule has 0 unspecified atom stereocenters. The summed E-state index contributed by atoms with van der Waals surface area (Å²) in [4.78, 5) is 0. The van der Waals surface area contributed by atoms with Gasteiger partial charge in [0.25, 0.3) is 0 Å². The van der Waals surface area contributed by atoms with Crippen LogP contribution in [0.4, 0.5) is 5.69 Å². The van der Waals surface area contributed by atoms with Crippen molar-refractivity contribution in [2.75, 3.05) is 18.5 Å². The summed E-state index contributed by atoms with van der Waals surface area (Å²) in [5.74, 6) is 0.932. The summed E-state index contributed by atoms with van der Waals surface area (Å²) in [5.41, 5.74) is 1.08. The smallest absolute Gasteiger partial charge is 0.127 e.